The van der Waals surface area contributed by atoms with E-state index in [2.05, 4.69) is 20.2 Å². The van der Waals surface area contributed by atoms with Gasteiger partial charge in [0.05, 0.1) is 27.1 Å². The van der Waals surface area contributed by atoms with Crippen molar-refractivity contribution in [1.29, 1.82) is 0 Å². The molecule has 8 nitrogen and oxygen atoms in total. The van der Waals surface area contributed by atoms with Gasteiger partial charge < -0.3 is 19.4 Å². The summed E-state index contributed by atoms with van der Waals surface area (Å²) in [5, 5.41) is 9.75. The molecule has 0 aromatic heterocycles. The average molecular weight is 235 g/mol. The zero-order chi connectivity index (χ0) is 12.8. The van der Waals surface area contributed by atoms with Crippen LogP contribution in [0.5, 0.6) is 0 Å². The van der Waals surface area contributed by atoms with E-state index in [1.54, 1.807) is 0 Å². The Balaban J connectivity index is 4.81. The van der Waals surface area contributed by atoms with Crippen LogP contribution in [0.3, 0.4) is 0 Å². The second-order valence-corrected chi connectivity index (χ2v) is 2.94. The Kier molecular flexibility index (Phi) is 5.40. The minimum atomic E-state index is -2.34. The molecule has 0 saturated carbocycles. The number of carbonyl (C=O) groups excluding carboxylic acids is 3. The van der Waals surface area contributed by atoms with Crippen LogP contribution in [0.15, 0.2) is 0 Å². The third-order valence-electron chi connectivity index (χ3n) is 1.80. The molecular weight excluding hydrogens is 222 g/mol. The molecule has 1 unspecified atom stereocenters. The minimum absolute atomic E-state index is 0.731. The Morgan fingerprint density at radius 3 is 2.00 bits per heavy atom. The lowest BCUT2D eigenvalue weighted by Gasteiger charge is -2.22. The Morgan fingerprint density at radius 1 is 1.12 bits per heavy atom. The lowest BCUT2D eigenvalue weighted by molar-refractivity contribution is -0.175. The number of carbonyl (C=O) groups is 3. The van der Waals surface area contributed by atoms with Gasteiger partial charge in [-0.1, -0.05) is 0 Å². The van der Waals surface area contributed by atoms with Gasteiger partial charge in [0, 0.05) is 0 Å². The summed E-state index contributed by atoms with van der Waals surface area (Å²) in [5.41, 5.74) is -2.34. The zero-order valence-corrected chi connectivity index (χ0v) is 8.89. The summed E-state index contributed by atoms with van der Waals surface area (Å²) in [4.78, 5) is 36.8. The molecule has 3 N–H and O–H groups in total. The second-order valence-electron chi connectivity index (χ2n) is 2.94. The molecule has 0 heterocycles. The van der Waals surface area contributed by atoms with Crippen LogP contribution < -0.4 is 5.90 Å². The molecule has 0 radical (unpaired) electrons. The number of hydrogen-bond acceptors (Lipinski definition) is 8. The first-order chi connectivity index (χ1) is 7.39. The van der Waals surface area contributed by atoms with Gasteiger partial charge in [-0.25, -0.2) is 4.79 Å². The van der Waals surface area contributed by atoms with E-state index in [0.29, 0.717) is 0 Å². The third-order valence-corrected chi connectivity index (χ3v) is 1.80. The number of hydrogen-bond donors (Lipinski definition) is 2. The Bertz CT molecular complexity index is 270. The average Bonchev–Trinajstić information content (AvgIpc) is 2.27. The quantitative estimate of drug-likeness (QED) is 0.425. The Hall–Kier alpha value is -1.67. The van der Waals surface area contributed by atoms with Gasteiger partial charge in [-0.05, 0) is 0 Å². The highest BCUT2D eigenvalue weighted by atomic mass is 16.7. The maximum atomic E-state index is 11.2. The molecule has 8 heteroatoms. The topological polar surface area (TPSA) is 125 Å². The molecule has 0 rings (SSSR count). The fraction of sp³-hybridized carbons (Fsp3) is 0.625. The van der Waals surface area contributed by atoms with Crippen LogP contribution in [0.1, 0.15) is 12.8 Å². The van der Waals surface area contributed by atoms with Crippen LogP contribution >= 0.6 is 0 Å². The van der Waals surface area contributed by atoms with E-state index in [1.807, 2.05) is 0 Å². The van der Waals surface area contributed by atoms with E-state index in [9.17, 15) is 19.5 Å². The molecule has 0 aliphatic heterocycles. The van der Waals surface area contributed by atoms with E-state index in [0.717, 1.165) is 14.2 Å². The fourth-order valence-electron chi connectivity index (χ4n) is 0.988. The number of methoxy groups -OCH3 is 2. The van der Waals surface area contributed by atoms with Gasteiger partial charge >= 0.3 is 17.9 Å². The van der Waals surface area contributed by atoms with E-state index in [4.69, 9.17) is 0 Å². The first kappa shape index (κ1) is 14.3. The second kappa shape index (κ2) is 6.03. The lowest BCUT2D eigenvalue weighted by Crippen LogP contribution is -2.44. The van der Waals surface area contributed by atoms with Crippen molar-refractivity contribution in [2.45, 2.75) is 18.4 Å². The summed E-state index contributed by atoms with van der Waals surface area (Å²) >= 11 is 0. The van der Waals surface area contributed by atoms with Gasteiger partial charge in [-0.15, -0.1) is 0 Å². The smallest absolute Gasteiger partial charge is 0.339 e. The lowest BCUT2D eigenvalue weighted by atomic mass is 9.96. The first-order valence-corrected chi connectivity index (χ1v) is 4.16. The summed E-state index contributed by atoms with van der Waals surface area (Å²) in [6.45, 7) is 0. The Morgan fingerprint density at radius 2 is 1.62 bits per heavy atom. The van der Waals surface area contributed by atoms with Crippen molar-refractivity contribution in [3.63, 3.8) is 0 Å². The van der Waals surface area contributed by atoms with Crippen LogP contribution in [0.4, 0.5) is 0 Å². The first-order valence-electron chi connectivity index (χ1n) is 4.16. The maximum absolute atomic E-state index is 11.2. The van der Waals surface area contributed by atoms with Crippen molar-refractivity contribution in [3.8, 4) is 0 Å². The number of ether oxygens (including phenoxy) is 2. The van der Waals surface area contributed by atoms with Crippen LogP contribution in [0, 0.1) is 0 Å². The van der Waals surface area contributed by atoms with Crippen molar-refractivity contribution >= 4 is 17.9 Å². The van der Waals surface area contributed by atoms with E-state index < -0.39 is 36.4 Å². The predicted octanol–water partition coefficient (Wildman–Crippen LogP) is -1.74. The number of nitrogens with two attached hydrogens (primary N) is 1. The van der Waals surface area contributed by atoms with Crippen LogP contribution in [0.25, 0.3) is 0 Å². The molecular formula is C8H13NO7. The fourth-order valence-corrected chi connectivity index (χ4v) is 0.988. The van der Waals surface area contributed by atoms with Crippen molar-refractivity contribution in [2.24, 2.45) is 5.90 Å². The highest BCUT2D eigenvalue weighted by Crippen LogP contribution is 2.18. The molecule has 92 valence electrons. The minimum Gasteiger partial charge on any atom is -0.469 e. The van der Waals surface area contributed by atoms with Crippen molar-refractivity contribution in [1.82, 2.24) is 0 Å². The number of esters is 2. The highest BCUT2D eigenvalue weighted by Gasteiger charge is 2.42. The predicted molar refractivity (Wildman–Crippen MR) is 48.5 cm³/mol. The van der Waals surface area contributed by atoms with Gasteiger partial charge in [0.15, 0.2) is 5.60 Å². The van der Waals surface area contributed by atoms with Crippen molar-refractivity contribution < 1.29 is 33.8 Å². The summed E-state index contributed by atoms with van der Waals surface area (Å²) in [5.74, 6) is 1.47. The van der Waals surface area contributed by atoms with E-state index >= 15 is 0 Å². The largest absolute Gasteiger partial charge is 0.469 e. The number of aliphatic hydroxyl groups is 1. The summed E-state index contributed by atoms with van der Waals surface area (Å²) < 4.78 is 8.53. The summed E-state index contributed by atoms with van der Waals surface area (Å²) in [6, 6.07) is 0. The standard InChI is InChI=1S/C8H13NO7/c1-14-5(10)3-8(13,7(12)15-2)4-6(11)16-9/h13H,3-4,9H2,1-2H3. The molecule has 0 bridgehead atoms. The van der Waals surface area contributed by atoms with Crippen LogP contribution in [0.2, 0.25) is 0 Å². The van der Waals surface area contributed by atoms with Gasteiger partial charge in [0.1, 0.15) is 0 Å². The van der Waals surface area contributed by atoms with Gasteiger partial charge in [-0.2, -0.15) is 5.90 Å². The van der Waals surface area contributed by atoms with Crippen LogP contribution in [-0.2, 0) is 28.7 Å². The monoisotopic (exact) mass is 235 g/mol. The molecule has 0 aromatic rings. The molecule has 0 saturated heterocycles. The summed E-state index contributed by atoms with van der Waals surface area (Å²) in [7, 11) is 2.07. The van der Waals surface area contributed by atoms with Gasteiger partial charge in [0.2, 0.25) is 0 Å². The molecule has 0 fully saturated rings. The molecule has 0 aromatic carbocycles. The Labute approximate surface area is 91.2 Å². The van der Waals surface area contributed by atoms with Gasteiger partial charge in [-0.3, -0.25) is 9.59 Å². The molecule has 1 atom stereocenters. The normalized spacial score (nSPS) is 13.5. The maximum Gasteiger partial charge on any atom is 0.339 e. The van der Waals surface area contributed by atoms with Gasteiger partial charge in [0.25, 0.3) is 0 Å². The number of rotatable bonds is 5. The van der Waals surface area contributed by atoms with E-state index in [-0.39, 0.29) is 0 Å². The molecule has 0 amide bonds. The molecule has 0 aliphatic carbocycles. The molecule has 0 spiro atoms. The zero-order valence-electron chi connectivity index (χ0n) is 8.89. The highest BCUT2D eigenvalue weighted by molar-refractivity contribution is 5.89. The third kappa shape index (κ3) is 3.83. The van der Waals surface area contributed by atoms with Crippen molar-refractivity contribution in [3.05, 3.63) is 0 Å². The summed E-state index contributed by atoms with van der Waals surface area (Å²) in [6.07, 6.45) is -1.53. The SMILES string of the molecule is COC(=O)CC(O)(CC(=O)ON)C(=O)OC. The van der Waals surface area contributed by atoms with E-state index in [1.165, 1.54) is 0 Å². The molecule has 16 heavy (non-hydrogen) atoms. The molecule has 0 aliphatic rings. The van der Waals surface area contributed by atoms with Crippen molar-refractivity contribution in [2.75, 3.05) is 14.2 Å². The van der Waals surface area contributed by atoms with Crippen LogP contribution in [-0.4, -0.2) is 42.8 Å².